The van der Waals surface area contributed by atoms with Crippen molar-refractivity contribution in [3.8, 4) is 0 Å². The molecule has 2 N–H and O–H groups in total. The van der Waals surface area contributed by atoms with Crippen LogP contribution in [0, 0.1) is 11.8 Å². The van der Waals surface area contributed by atoms with Crippen molar-refractivity contribution < 1.29 is 9.90 Å². The fourth-order valence-corrected chi connectivity index (χ4v) is 3.50. The van der Waals surface area contributed by atoms with Crippen LogP contribution in [0.1, 0.15) is 37.4 Å². The second kappa shape index (κ2) is 7.65. The molecule has 4 nitrogen and oxygen atoms in total. The van der Waals surface area contributed by atoms with E-state index in [0.29, 0.717) is 17.5 Å². The summed E-state index contributed by atoms with van der Waals surface area (Å²) in [5, 5.41) is 14.1. The molecule has 1 aromatic carbocycles. The lowest BCUT2D eigenvalue weighted by molar-refractivity contribution is -0.127. The Bertz CT molecular complexity index is 548. The molecular formula is C18H25ClN2O2. The van der Waals surface area contributed by atoms with Crippen LogP contribution in [0.4, 0.5) is 0 Å². The van der Waals surface area contributed by atoms with Gasteiger partial charge in [-0.15, -0.1) is 0 Å². The molecule has 1 amide bonds. The van der Waals surface area contributed by atoms with Gasteiger partial charge >= 0.3 is 0 Å². The number of benzene rings is 1. The van der Waals surface area contributed by atoms with E-state index in [-0.39, 0.29) is 11.8 Å². The zero-order chi connectivity index (χ0) is 16.2. The van der Waals surface area contributed by atoms with Gasteiger partial charge in [0.1, 0.15) is 0 Å². The molecule has 0 aromatic heterocycles. The minimum Gasteiger partial charge on any atom is -0.387 e. The first-order chi connectivity index (χ1) is 11.1. The number of rotatable bonds is 6. The zero-order valence-electron chi connectivity index (χ0n) is 13.4. The smallest absolute Gasteiger partial charge is 0.224 e. The van der Waals surface area contributed by atoms with Crippen molar-refractivity contribution in [2.45, 2.75) is 31.8 Å². The second-order valence-corrected chi connectivity index (χ2v) is 7.23. The van der Waals surface area contributed by atoms with Crippen molar-refractivity contribution in [3.05, 3.63) is 34.9 Å². The van der Waals surface area contributed by atoms with Crippen molar-refractivity contribution in [2.75, 3.05) is 26.2 Å². The molecule has 1 aliphatic carbocycles. The molecule has 1 aliphatic heterocycles. The number of amides is 1. The van der Waals surface area contributed by atoms with E-state index in [1.807, 2.05) is 18.2 Å². The number of hydrogen-bond acceptors (Lipinski definition) is 3. The molecule has 2 unspecified atom stereocenters. The SMILES string of the molecule is O=C(NCC1CC1)C1CCCN(CC(O)c2ccccc2Cl)C1. The highest BCUT2D eigenvalue weighted by atomic mass is 35.5. The number of nitrogens with one attached hydrogen (secondary N) is 1. The summed E-state index contributed by atoms with van der Waals surface area (Å²) >= 11 is 6.15. The van der Waals surface area contributed by atoms with Gasteiger partial charge in [-0.25, -0.2) is 0 Å². The lowest BCUT2D eigenvalue weighted by atomic mass is 9.96. The fraction of sp³-hybridized carbons (Fsp3) is 0.611. The summed E-state index contributed by atoms with van der Waals surface area (Å²) in [5.74, 6) is 0.926. The molecule has 1 heterocycles. The van der Waals surface area contributed by atoms with Gasteiger partial charge in [0.05, 0.1) is 12.0 Å². The van der Waals surface area contributed by atoms with Gasteiger partial charge in [-0.3, -0.25) is 9.69 Å². The van der Waals surface area contributed by atoms with Crippen molar-refractivity contribution in [1.29, 1.82) is 0 Å². The van der Waals surface area contributed by atoms with E-state index in [1.165, 1.54) is 12.8 Å². The van der Waals surface area contributed by atoms with Crippen LogP contribution in [-0.4, -0.2) is 42.1 Å². The van der Waals surface area contributed by atoms with Crippen LogP contribution >= 0.6 is 11.6 Å². The Morgan fingerprint density at radius 1 is 1.35 bits per heavy atom. The number of piperidine rings is 1. The molecule has 1 aromatic rings. The van der Waals surface area contributed by atoms with Gasteiger partial charge in [0.25, 0.3) is 0 Å². The van der Waals surface area contributed by atoms with E-state index in [9.17, 15) is 9.90 Å². The van der Waals surface area contributed by atoms with Gasteiger partial charge < -0.3 is 10.4 Å². The number of halogens is 1. The van der Waals surface area contributed by atoms with E-state index < -0.39 is 6.10 Å². The van der Waals surface area contributed by atoms with Gasteiger partial charge in [-0.2, -0.15) is 0 Å². The van der Waals surface area contributed by atoms with Crippen LogP contribution in [-0.2, 0) is 4.79 Å². The number of aliphatic hydroxyl groups excluding tert-OH is 1. The van der Waals surface area contributed by atoms with Crippen LogP contribution in [0.15, 0.2) is 24.3 Å². The monoisotopic (exact) mass is 336 g/mol. The molecule has 126 valence electrons. The van der Waals surface area contributed by atoms with E-state index >= 15 is 0 Å². The maximum atomic E-state index is 12.3. The van der Waals surface area contributed by atoms with Crippen LogP contribution in [0.5, 0.6) is 0 Å². The number of aliphatic hydroxyl groups is 1. The van der Waals surface area contributed by atoms with Gasteiger partial charge in [0.15, 0.2) is 0 Å². The van der Waals surface area contributed by atoms with Crippen LogP contribution in [0.25, 0.3) is 0 Å². The first-order valence-corrected chi connectivity index (χ1v) is 8.94. The summed E-state index contributed by atoms with van der Waals surface area (Å²) in [5.41, 5.74) is 0.759. The Hall–Kier alpha value is -1.10. The molecule has 2 aliphatic rings. The molecule has 2 atom stereocenters. The van der Waals surface area contributed by atoms with Gasteiger partial charge in [0, 0.05) is 30.2 Å². The average Bonchev–Trinajstić information content (AvgIpc) is 3.37. The van der Waals surface area contributed by atoms with E-state index in [4.69, 9.17) is 11.6 Å². The number of carbonyl (C=O) groups excluding carboxylic acids is 1. The summed E-state index contributed by atoms with van der Waals surface area (Å²) in [6.07, 6.45) is 3.82. The van der Waals surface area contributed by atoms with Crippen LogP contribution in [0.2, 0.25) is 5.02 Å². The van der Waals surface area contributed by atoms with E-state index in [0.717, 1.165) is 38.0 Å². The number of likely N-dealkylation sites (tertiary alicyclic amines) is 1. The third-order valence-corrected chi connectivity index (χ3v) is 5.18. The molecule has 2 fully saturated rings. The van der Waals surface area contributed by atoms with Crippen molar-refractivity contribution in [1.82, 2.24) is 10.2 Å². The number of nitrogens with zero attached hydrogens (tertiary/aromatic N) is 1. The highest BCUT2D eigenvalue weighted by molar-refractivity contribution is 6.31. The van der Waals surface area contributed by atoms with E-state index in [2.05, 4.69) is 10.2 Å². The predicted molar refractivity (Wildman–Crippen MR) is 91.3 cm³/mol. The second-order valence-electron chi connectivity index (χ2n) is 6.82. The maximum Gasteiger partial charge on any atom is 0.224 e. The molecular weight excluding hydrogens is 312 g/mol. The summed E-state index contributed by atoms with van der Waals surface area (Å²) in [6, 6.07) is 7.40. The number of hydrogen-bond donors (Lipinski definition) is 2. The summed E-state index contributed by atoms with van der Waals surface area (Å²) in [7, 11) is 0. The third-order valence-electron chi connectivity index (χ3n) is 4.83. The summed E-state index contributed by atoms with van der Waals surface area (Å²) in [4.78, 5) is 14.4. The fourth-order valence-electron chi connectivity index (χ4n) is 3.23. The standard InChI is InChI=1S/C18H25ClN2O2/c19-16-6-2-1-5-15(16)17(22)12-21-9-3-4-14(11-21)18(23)20-10-13-7-8-13/h1-2,5-6,13-14,17,22H,3-4,7-12H2,(H,20,23). The Morgan fingerprint density at radius 3 is 2.87 bits per heavy atom. The first-order valence-electron chi connectivity index (χ1n) is 8.56. The molecule has 23 heavy (non-hydrogen) atoms. The quantitative estimate of drug-likeness (QED) is 0.839. The van der Waals surface area contributed by atoms with Crippen molar-refractivity contribution >= 4 is 17.5 Å². The Labute approximate surface area is 142 Å². The molecule has 5 heteroatoms. The third kappa shape index (κ3) is 4.69. The highest BCUT2D eigenvalue weighted by Gasteiger charge is 2.29. The molecule has 1 saturated heterocycles. The predicted octanol–water partition coefficient (Wildman–Crippen LogP) is 2.61. The largest absolute Gasteiger partial charge is 0.387 e. The van der Waals surface area contributed by atoms with Gasteiger partial charge in [-0.1, -0.05) is 29.8 Å². The lowest BCUT2D eigenvalue weighted by Crippen LogP contribution is -2.44. The van der Waals surface area contributed by atoms with Crippen LogP contribution < -0.4 is 5.32 Å². The topological polar surface area (TPSA) is 52.6 Å². The Kier molecular flexibility index (Phi) is 5.57. The first kappa shape index (κ1) is 16.7. The molecule has 3 rings (SSSR count). The van der Waals surface area contributed by atoms with Gasteiger partial charge in [-0.05, 0) is 44.2 Å². The van der Waals surface area contributed by atoms with Gasteiger partial charge in [0.2, 0.25) is 5.91 Å². The zero-order valence-corrected chi connectivity index (χ0v) is 14.1. The molecule has 1 saturated carbocycles. The maximum absolute atomic E-state index is 12.3. The average molecular weight is 337 g/mol. The highest BCUT2D eigenvalue weighted by Crippen LogP contribution is 2.28. The normalized spacial score (nSPS) is 23.5. The molecule has 0 spiro atoms. The molecule has 0 radical (unpaired) electrons. The molecule has 0 bridgehead atoms. The lowest BCUT2D eigenvalue weighted by Gasteiger charge is -2.33. The van der Waals surface area contributed by atoms with Crippen LogP contribution in [0.3, 0.4) is 0 Å². The summed E-state index contributed by atoms with van der Waals surface area (Å²) < 4.78 is 0. The minimum atomic E-state index is -0.614. The van der Waals surface area contributed by atoms with Crippen molar-refractivity contribution in [2.24, 2.45) is 11.8 Å². The Morgan fingerprint density at radius 2 is 2.13 bits per heavy atom. The number of carbonyl (C=O) groups is 1. The van der Waals surface area contributed by atoms with Crippen molar-refractivity contribution in [3.63, 3.8) is 0 Å². The number of β-amino-alcohol motifs (C(OH)–C–C–N with tert-alkyl or cyclic N) is 1. The minimum absolute atomic E-state index is 0.0425. The summed E-state index contributed by atoms with van der Waals surface area (Å²) in [6.45, 7) is 3.00. The Balaban J connectivity index is 1.51. The van der Waals surface area contributed by atoms with E-state index in [1.54, 1.807) is 6.07 Å².